The van der Waals surface area contributed by atoms with Crippen LogP contribution in [0.1, 0.15) is 32.1 Å². The molecule has 7 heteroatoms. The quantitative estimate of drug-likeness (QED) is 0.801. The van der Waals surface area contributed by atoms with Gasteiger partial charge in [0, 0.05) is 10.9 Å². The summed E-state index contributed by atoms with van der Waals surface area (Å²) in [5, 5.41) is 0.561. The Morgan fingerprint density at radius 2 is 1.95 bits per heavy atom. The Bertz CT molecular complexity index is 588. The molecule has 1 aliphatic rings. The van der Waals surface area contributed by atoms with Gasteiger partial charge < -0.3 is 0 Å². The Balaban J connectivity index is 2.32. The molecule has 0 spiro atoms. The number of sulfonamides is 1. The van der Waals surface area contributed by atoms with Crippen LogP contribution in [0.5, 0.6) is 0 Å². The van der Waals surface area contributed by atoms with Crippen LogP contribution < -0.4 is 4.72 Å². The first-order chi connectivity index (χ1) is 9.38. The van der Waals surface area contributed by atoms with Gasteiger partial charge in [0.1, 0.15) is 10.7 Å². The average Bonchev–Trinajstić information content (AvgIpc) is 2.42. The van der Waals surface area contributed by atoms with E-state index in [9.17, 15) is 12.8 Å². The van der Waals surface area contributed by atoms with Crippen molar-refractivity contribution in [3.63, 3.8) is 0 Å². The van der Waals surface area contributed by atoms with E-state index in [4.69, 9.17) is 11.6 Å². The van der Waals surface area contributed by atoms with Gasteiger partial charge in [-0.2, -0.15) is 0 Å². The third kappa shape index (κ3) is 3.53. The molecule has 0 atom stereocenters. The molecule has 2 rings (SSSR count). The Kier molecular flexibility index (Phi) is 5.10. The predicted octanol–water partition coefficient (Wildman–Crippen LogP) is 3.86. The van der Waals surface area contributed by atoms with E-state index in [2.05, 4.69) is 20.7 Å². The topological polar surface area (TPSA) is 46.2 Å². The molecule has 0 aliphatic heterocycles. The van der Waals surface area contributed by atoms with Crippen LogP contribution in [0.4, 0.5) is 4.39 Å². The first kappa shape index (κ1) is 16.2. The molecule has 0 amide bonds. The summed E-state index contributed by atoms with van der Waals surface area (Å²) in [6, 6.07) is 3.35. The molecule has 20 heavy (non-hydrogen) atoms. The van der Waals surface area contributed by atoms with Gasteiger partial charge in [-0.1, -0.05) is 46.8 Å². The van der Waals surface area contributed by atoms with Gasteiger partial charge in [-0.3, -0.25) is 0 Å². The average molecular weight is 385 g/mol. The highest BCUT2D eigenvalue weighted by Crippen LogP contribution is 2.32. The van der Waals surface area contributed by atoms with Crippen molar-refractivity contribution in [3.05, 3.63) is 29.0 Å². The summed E-state index contributed by atoms with van der Waals surface area (Å²) in [6.45, 7) is 0. The molecule has 1 aromatic rings. The van der Waals surface area contributed by atoms with Gasteiger partial charge in [0.15, 0.2) is 0 Å². The molecule has 0 unspecified atom stereocenters. The number of hydrogen-bond donors (Lipinski definition) is 1. The molecular formula is C13H16BrClFNO2S. The third-order valence-electron chi connectivity index (χ3n) is 3.60. The van der Waals surface area contributed by atoms with E-state index in [1.165, 1.54) is 6.07 Å². The summed E-state index contributed by atoms with van der Waals surface area (Å²) in [7, 11) is -3.84. The molecule has 3 nitrogen and oxygen atoms in total. The third-order valence-corrected chi connectivity index (χ3v) is 6.73. The molecule has 0 heterocycles. The lowest BCUT2D eigenvalue weighted by Gasteiger charge is -2.36. The van der Waals surface area contributed by atoms with Gasteiger partial charge in [-0.05, 0) is 31.0 Å². The summed E-state index contributed by atoms with van der Waals surface area (Å²) >= 11 is 9.28. The molecule has 1 aromatic carbocycles. The van der Waals surface area contributed by atoms with Crippen LogP contribution in [0.25, 0.3) is 0 Å². The number of alkyl halides is 1. The smallest absolute Gasteiger partial charge is 0.207 e. The van der Waals surface area contributed by atoms with Crippen LogP contribution in [0, 0.1) is 5.82 Å². The molecule has 0 saturated heterocycles. The standard InChI is InChI=1S/C13H16BrClFNO2S/c14-9-13(6-2-1-3-7-13)17-20(18,19)12-8-10(16)4-5-11(12)15/h4-5,8,17H,1-3,6-7,9H2. The molecule has 1 N–H and O–H groups in total. The van der Waals surface area contributed by atoms with Crippen molar-refractivity contribution >= 4 is 37.6 Å². The number of halogens is 3. The van der Waals surface area contributed by atoms with Crippen LogP contribution in [0.2, 0.25) is 5.02 Å². The predicted molar refractivity (Wildman–Crippen MR) is 81.3 cm³/mol. The van der Waals surface area contributed by atoms with Crippen molar-refractivity contribution in [1.29, 1.82) is 0 Å². The second-order valence-electron chi connectivity index (χ2n) is 5.15. The Morgan fingerprint density at radius 3 is 2.55 bits per heavy atom. The Morgan fingerprint density at radius 1 is 1.30 bits per heavy atom. The Labute approximate surface area is 132 Å². The fourth-order valence-electron chi connectivity index (χ4n) is 2.51. The van der Waals surface area contributed by atoms with Crippen LogP contribution in [0.15, 0.2) is 23.1 Å². The maximum Gasteiger partial charge on any atom is 0.242 e. The van der Waals surface area contributed by atoms with Crippen LogP contribution in [-0.4, -0.2) is 19.3 Å². The van der Waals surface area contributed by atoms with E-state index in [0.717, 1.165) is 44.2 Å². The summed E-state index contributed by atoms with van der Waals surface area (Å²) in [6.07, 6.45) is 4.60. The van der Waals surface area contributed by atoms with Gasteiger partial charge in [0.25, 0.3) is 0 Å². The van der Waals surface area contributed by atoms with Crippen LogP contribution in [0.3, 0.4) is 0 Å². The summed E-state index contributed by atoms with van der Waals surface area (Å²) in [4.78, 5) is -0.204. The number of nitrogens with one attached hydrogen (secondary N) is 1. The SMILES string of the molecule is O=S(=O)(NC1(CBr)CCCCC1)c1cc(F)ccc1Cl. The van der Waals surface area contributed by atoms with Gasteiger partial charge in [-0.15, -0.1) is 0 Å². The second kappa shape index (κ2) is 6.30. The van der Waals surface area contributed by atoms with Gasteiger partial charge in [-0.25, -0.2) is 17.5 Å². The van der Waals surface area contributed by atoms with E-state index in [1.54, 1.807) is 0 Å². The highest BCUT2D eigenvalue weighted by Gasteiger charge is 2.36. The normalized spacial score (nSPS) is 18.9. The molecule has 112 valence electrons. The maximum atomic E-state index is 13.3. The largest absolute Gasteiger partial charge is 0.242 e. The number of rotatable bonds is 4. The molecule has 0 bridgehead atoms. The molecule has 1 fully saturated rings. The van der Waals surface area contributed by atoms with Crippen LogP contribution in [-0.2, 0) is 10.0 Å². The summed E-state index contributed by atoms with van der Waals surface area (Å²) < 4.78 is 40.9. The maximum absolute atomic E-state index is 13.3. The minimum absolute atomic E-state index is 0.0273. The van der Waals surface area contributed by atoms with Gasteiger partial charge in [0.05, 0.1) is 5.02 Å². The van der Waals surface area contributed by atoms with Crippen molar-refractivity contribution in [2.24, 2.45) is 0 Å². The van der Waals surface area contributed by atoms with E-state index in [-0.39, 0.29) is 9.92 Å². The molecule has 0 radical (unpaired) electrons. The minimum Gasteiger partial charge on any atom is -0.207 e. The molecule has 0 aromatic heterocycles. The monoisotopic (exact) mass is 383 g/mol. The lowest BCUT2D eigenvalue weighted by Crippen LogP contribution is -2.51. The molecular weight excluding hydrogens is 369 g/mol. The second-order valence-corrected chi connectivity index (χ2v) is 7.77. The highest BCUT2D eigenvalue weighted by molar-refractivity contribution is 9.09. The zero-order valence-electron chi connectivity index (χ0n) is 10.8. The van der Waals surface area contributed by atoms with E-state index in [0.29, 0.717) is 5.33 Å². The lowest BCUT2D eigenvalue weighted by atomic mass is 9.84. The summed E-state index contributed by atoms with van der Waals surface area (Å²) in [5.41, 5.74) is -0.507. The van der Waals surface area contributed by atoms with Gasteiger partial charge in [0.2, 0.25) is 10.0 Å². The van der Waals surface area contributed by atoms with Crippen LogP contribution >= 0.6 is 27.5 Å². The van der Waals surface area contributed by atoms with E-state index >= 15 is 0 Å². The highest BCUT2D eigenvalue weighted by atomic mass is 79.9. The first-order valence-corrected chi connectivity index (χ1v) is 9.42. The Hall–Kier alpha value is -0.170. The van der Waals surface area contributed by atoms with E-state index < -0.39 is 21.4 Å². The number of hydrogen-bond acceptors (Lipinski definition) is 2. The fourth-order valence-corrected chi connectivity index (χ4v) is 5.37. The zero-order chi connectivity index (χ0) is 14.8. The molecule has 1 saturated carbocycles. The zero-order valence-corrected chi connectivity index (χ0v) is 14.0. The lowest BCUT2D eigenvalue weighted by molar-refractivity contribution is 0.301. The fraction of sp³-hybridized carbons (Fsp3) is 0.538. The van der Waals surface area contributed by atoms with Crippen molar-refractivity contribution in [2.45, 2.75) is 42.5 Å². The van der Waals surface area contributed by atoms with Crippen molar-refractivity contribution in [1.82, 2.24) is 4.72 Å². The first-order valence-electron chi connectivity index (χ1n) is 6.44. The number of benzene rings is 1. The van der Waals surface area contributed by atoms with Crippen molar-refractivity contribution in [2.75, 3.05) is 5.33 Å². The van der Waals surface area contributed by atoms with Crippen molar-refractivity contribution < 1.29 is 12.8 Å². The molecule has 1 aliphatic carbocycles. The van der Waals surface area contributed by atoms with Gasteiger partial charge >= 0.3 is 0 Å². The van der Waals surface area contributed by atoms with Crippen molar-refractivity contribution in [3.8, 4) is 0 Å². The van der Waals surface area contributed by atoms with E-state index in [1.807, 2.05) is 0 Å². The summed E-state index contributed by atoms with van der Waals surface area (Å²) in [5.74, 6) is -0.619. The minimum atomic E-state index is -3.84.